The van der Waals surface area contributed by atoms with Crippen LogP contribution in [-0.4, -0.2) is 46.0 Å². The fraction of sp³-hybridized carbons (Fsp3) is 0.368. The number of carbonyl (C=O) groups excluding carboxylic acids is 1. The summed E-state index contributed by atoms with van der Waals surface area (Å²) in [7, 11) is -2.08. The summed E-state index contributed by atoms with van der Waals surface area (Å²) in [5.74, 6) is 0.406. The second-order valence-electron chi connectivity index (χ2n) is 6.47. The minimum Gasteiger partial charge on any atom is -0.484 e. The van der Waals surface area contributed by atoms with Crippen molar-refractivity contribution in [2.75, 3.05) is 31.0 Å². The Balaban J connectivity index is 1.56. The van der Waals surface area contributed by atoms with E-state index in [1.807, 2.05) is 0 Å². The molecule has 0 aliphatic carbocycles. The fourth-order valence-electron chi connectivity index (χ4n) is 2.93. The summed E-state index contributed by atoms with van der Waals surface area (Å²) in [5.41, 5.74) is 0.505. The van der Waals surface area contributed by atoms with Crippen LogP contribution in [0.1, 0.15) is 12.8 Å². The summed E-state index contributed by atoms with van der Waals surface area (Å²) in [5, 5.41) is 10.6. The van der Waals surface area contributed by atoms with Crippen molar-refractivity contribution in [1.29, 1.82) is 5.26 Å². The van der Waals surface area contributed by atoms with E-state index in [1.54, 1.807) is 46.7 Å². The number of thiophene rings is 1. The minimum atomic E-state index is -3.58. The van der Waals surface area contributed by atoms with Gasteiger partial charge >= 0.3 is 0 Å². The van der Waals surface area contributed by atoms with Gasteiger partial charge in [0.2, 0.25) is 0 Å². The quantitative estimate of drug-likeness (QED) is 0.718. The smallest absolute Gasteiger partial charge is 0.273 e. The second-order valence-corrected chi connectivity index (χ2v) is 9.62. The third-order valence-electron chi connectivity index (χ3n) is 4.70. The molecule has 1 aliphatic heterocycles. The van der Waals surface area contributed by atoms with Gasteiger partial charge in [-0.25, -0.2) is 8.42 Å². The molecule has 148 valence electrons. The van der Waals surface area contributed by atoms with Crippen molar-refractivity contribution in [2.45, 2.75) is 17.1 Å². The average molecular weight is 420 g/mol. The number of anilines is 1. The Morgan fingerprint density at radius 3 is 2.54 bits per heavy atom. The van der Waals surface area contributed by atoms with Crippen LogP contribution in [-0.2, 0) is 14.8 Å². The van der Waals surface area contributed by atoms with E-state index in [-0.39, 0.29) is 22.6 Å². The van der Waals surface area contributed by atoms with Crippen molar-refractivity contribution in [1.82, 2.24) is 4.90 Å². The Labute approximate surface area is 168 Å². The number of piperidine rings is 1. The average Bonchev–Trinajstić information content (AvgIpc) is 3.28. The molecule has 1 saturated heterocycles. The van der Waals surface area contributed by atoms with E-state index < -0.39 is 10.0 Å². The number of amides is 1. The molecular formula is C19H21N3O4S2. The highest BCUT2D eigenvalue weighted by Crippen LogP contribution is 2.26. The van der Waals surface area contributed by atoms with Crippen LogP contribution in [0, 0.1) is 17.2 Å². The molecule has 2 aromatic rings. The third-order valence-corrected chi connectivity index (χ3v) is 7.86. The van der Waals surface area contributed by atoms with Gasteiger partial charge in [0.1, 0.15) is 9.96 Å². The number of nitrogens with zero attached hydrogens (tertiary/aromatic N) is 3. The zero-order chi connectivity index (χ0) is 20.1. The molecular weight excluding hydrogens is 398 g/mol. The number of ether oxygens (including phenoxy) is 1. The molecule has 0 saturated carbocycles. The van der Waals surface area contributed by atoms with Crippen LogP contribution in [0.25, 0.3) is 0 Å². The van der Waals surface area contributed by atoms with E-state index in [0.717, 1.165) is 0 Å². The van der Waals surface area contributed by atoms with Crippen LogP contribution in [0.3, 0.4) is 0 Å². The molecule has 1 aromatic heterocycles. The Hall–Kier alpha value is -2.57. The van der Waals surface area contributed by atoms with Gasteiger partial charge < -0.3 is 9.64 Å². The van der Waals surface area contributed by atoms with Crippen LogP contribution in [0.5, 0.6) is 5.75 Å². The van der Waals surface area contributed by atoms with Gasteiger partial charge in [0, 0.05) is 26.1 Å². The van der Waals surface area contributed by atoms with Crippen LogP contribution in [0.4, 0.5) is 5.69 Å². The van der Waals surface area contributed by atoms with E-state index in [2.05, 4.69) is 6.07 Å². The van der Waals surface area contributed by atoms with Gasteiger partial charge in [0.05, 0.1) is 11.8 Å². The summed E-state index contributed by atoms with van der Waals surface area (Å²) < 4.78 is 32.1. The van der Waals surface area contributed by atoms with Gasteiger partial charge in [-0.2, -0.15) is 5.26 Å². The van der Waals surface area contributed by atoms with Gasteiger partial charge in [-0.05, 0) is 48.6 Å². The van der Waals surface area contributed by atoms with Gasteiger partial charge in [0.15, 0.2) is 6.61 Å². The van der Waals surface area contributed by atoms with Gasteiger partial charge in [0.25, 0.3) is 15.9 Å². The minimum absolute atomic E-state index is 0.0277. The predicted octanol–water partition coefficient (Wildman–Crippen LogP) is 2.71. The van der Waals surface area contributed by atoms with Crippen molar-refractivity contribution >= 4 is 33.0 Å². The molecule has 2 heterocycles. The Morgan fingerprint density at radius 2 is 1.96 bits per heavy atom. The van der Waals surface area contributed by atoms with Crippen molar-refractivity contribution in [3.63, 3.8) is 0 Å². The molecule has 0 spiro atoms. The summed E-state index contributed by atoms with van der Waals surface area (Å²) >= 11 is 1.17. The number of nitriles is 1. The van der Waals surface area contributed by atoms with Crippen LogP contribution >= 0.6 is 11.3 Å². The Bertz CT molecular complexity index is 942. The lowest BCUT2D eigenvalue weighted by atomic mass is 9.99. The molecule has 0 atom stereocenters. The van der Waals surface area contributed by atoms with Crippen molar-refractivity contribution in [3.8, 4) is 11.8 Å². The first-order valence-electron chi connectivity index (χ1n) is 8.84. The number of hydrogen-bond donors (Lipinski definition) is 0. The second kappa shape index (κ2) is 8.63. The first-order valence-corrected chi connectivity index (χ1v) is 11.2. The van der Waals surface area contributed by atoms with Gasteiger partial charge in [-0.3, -0.25) is 9.10 Å². The van der Waals surface area contributed by atoms with E-state index in [0.29, 0.717) is 37.4 Å². The van der Waals surface area contributed by atoms with Crippen molar-refractivity contribution in [3.05, 3.63) is 41.8 Å². The topological polar surface area (TPSA) is 90.7 Å². The molecule has 1 aromatic carbocycles. The van der Waals surface area contributed by atoms with Gasteiger partial charge in [-0.1, -0.05) is 6.07 Å². The molecule has 28 heavy (non-hydrogen) atoms. The zero-order valence-electron chi connectivity index (χ0n) is 15.4. The standard InChI is InChI=1S/C19H21N3O4S2/c1-21(28(24,25)19-3-2-12-27-19)16-4-6-17(7-5-16)26-14-18(23)22-10-8-15(13-20)9-11-22/h2-7,12,15H,8-11,14H2,1H3. The first kappa shape index (κ1) is 20.2. The molecule has 1 aliphatic rings. The van der Waals surface area contributed by atoms with Crippen LogP contribution in [0.15, 0.2) is 46.0 Å². The summed E-state index contributed by atoms with van der Waals surface area (Å²) in [6, 6.07) is 12.1. The van der Waals surface area contributed by atoms with Crippen molar-refractivity contribution < 1.29 is 17.9 Å². The maximum atomic E-state index is 12.5. The molecule has 0 radical (unpaired) electrons. The van der Waals surface area contributed by atoms with E-state index in [4.69, 9.17) is 10.00 Å². The summed E-state index contributed by atoms with van der Waals surface area (Å²) in [4.78, 5) is 13.9. The first-order chi connectivity index (χ1) is 13.4. The SMILES string of the molecule is CN(c1ccc(OCC(=O)N2CCC(C#N)CC2)cc1)S(=O)(=O)c1cccs1. The highest BCUT2D eigenvalue weighted by molar-refractivity contribution is 7.94. The highest BCUT2D eigenvalue weighted by atomic mass is 32.2. The molecule has 0 N–H and O–H groups in total. The number of rotatable bonds is 6. The predicted molar refractivity (Wildman–Crippen MR) is 107 cm³/mol. The van der Waals surface area contributed by atoms with Crippen LogP contribution < -0.4 is 9.04 Å². The highest BCUT2D eigenvalue weighted by Gasteiger charge is 2.23. The third kappa shape index (κ3) is 4.46. The molecule has 0 bridgehead atoms. The maximum absolute atomic E-state index is 12.5. The lowest BCUT2D eigenvalue weighted by molar-refractivity contribution is -0.134. The number of sulfonamides is 1. The largest absolute Gasteiger partial charge is 0.484 e. The normalized spacial score (nSPS) is 15.1. The van der Waals surface area contributed by atoms with E-state index >= 15 is 0 Å². The van der Waals surface area contributed by atoms with Gasteiger partial charge in [-0.15, -0.1) is 11.3 Å². The van der Waals surface area contributed by atoms with Crippen LogP contribution in [0.2, 0.25) is 0 Å². The molecule has 0 unspecified atom stereocenters. The summed E-state index contributed by atoms with van der Waals surface area (Å²) in [6.45, 7) is 1.06. The van der Waals surface area contributed by atoms with Crippen molar-refractivity contribution in [2.24, 2.45) is 5.92 Å². The monoisotopic (exact) mass is 419 g/mol. The lowest BCUT2D eigenvalue weighted by Gasteiger charge is -2.29. The zero-order valence-corrected chi connectivity index (χ0v) is 17.1. The molecule has 7 nitrogen and oxygen atoms in total. The van der Waals surface area contributed by atoms with E-state index in [1.165, 1.54) is 22.7 Å². The Morgan fingerprint density at radius 1 is 1.29 bits per heavy atom. The number of likely N-dealkylation sites (tertiary alicyclic amines) is 1. The number of hydrogen-bond acceptors (Lipinski definition) is 6. The fourth-order valence-corrected chi connectivity index (χ4v) is 5.29. The maximum Gasteiger partial charge on any atom is 0.273 e. The lowest BCUT2D eigenvalue weighted by Crippen LogP contribution is -2.40. The molecule has 9 heteroatoms. The molecule has 1 fully saturated rings. The van der Waals surface area contributed by atoms with E-state index in [9.17, 15) is 13.2 Å². The number of benzene rings is 1. The summed E-state index contributed by atoms with van der Waals surface area (Å²) in [6.07, 6.45) is 1.39. The Kier molecular flexibility index (Phi) is 6.21. The number of carbonyl (C=O) groups is 1. The molecule has 1 amide bonds. The molecule has 3 rings (SSSR count).